The Morgan fingerprint density at radius 1 is 1.57 bits per heavy atom. The fourth-order valence-electron chi connectivity index (χ4n) is 0.250. The van der Waals surface area contributed by atoms with Gasteiger partial charge in [0.25, 0.3) is 0 Å². The van der Waals surface area contributed by atoms with Gasteiger partial charge >= 0.3 is 0 Å². The molecule has 41 valence electrons. The molecule has 1 radical (unpaired) electrons. The molecule has 0 aliphatic rings. The second-order valence-electron chi connectivity index (χ2n) is 1.13. The summed E-state index contributed by atoms with van der Waals surface area (Å²) in [7, 11) is 0. The van der Waals surface area contributed by atoms with Crippen LogP contribution >= 0.6 is 0 Å². The summed E-state index contributed by atoms with van der Waals surface area (Å²) in [5, 5.41) is 10.9. The molecule has 2 nitrogen and oxygen atoms in total. The number of hydrogen-bond acceptors (Lipinski definition) is 2. The fraction of sp³-hybridized carbons (Fsp3) is 0.400. The van der Waals surface area contributed by atoms with Gasteiger partial charge in [0.05, 0.1) is 6.61 Å². The predicted octanol–water partition coefficient (Wildman–Crippen LogP) is 0.296. The molecule has 0 rings (SSSR count). The van der Waals surface area contributed by atoms with Gasteiger partial charge in [-0.05, 0) is 0 Å². The molecule has 0 aromatic carbocycles. The summed E-state index contributed by atoms with van der Waals surface area (Å²) >= 11 is 0. The maximum atomic E-state index is 8.07. The average Bonchev–Trinajstić information content (AvgIpc) is 1.69. The zero-order valence-corrected chi connectivity index (χ0v) is 4.22. The maximum absolute atomic E-state index is 8.07. The number of nitrogens with one attached hydrogen (secondary N) is 1. The van der Waals surface area contributed by atoms with Gasteiger partial charge < -0.3 is 10.4 Å². The summed E-state index contributed by atoms with van der Waals surface area (Å²) in [5.74, 6) is 0. The number of aliphatic hydroxyl groups excluding tert-OH is 1. The Bertz CT molecular complexity index is 45.3. The van der Waals surface area contributed by atoms with Crippen molar-refractivity contribution < 1.29 is 5.11 Å². The summed E-state index contributed by atoms with van der Waals surface area (Å²) < 4.78 is 0. The number of aliphatic hydroxyl groups is 1. The van der Waals surface area contributed by atoms with Gasteiger partial charge in [-0.2, -0.15) is 0 Å². The summed E-state index contributed by atoms with van der Waals surface area (Å²) in [4.78, 5) is 0. The standard InChI is InChI=1S/C5H10NO/c1-2-3-6-4-5-7/h2,5-7H,1,3-4H2. The zero-order valence-electron chi connectivity index (χ0n) is 4.22. The molecule has 0 aliphatic carbocycles. The Kier molecular flexibility index (Phi) is 5.39. The van der Waals surface area contributed by atoms with Gasteiger partial charge in [-0.1, -0.05) is 6.08 Å². The quantitative estimate of drug-likeness (QED) is 0.393. The number of rotatable bonds is 4. The highest BCUT2D eigenvalue weighted by atomic mass is 16.3. The summed E-state index contributed by atoms with van der Waals surface area (Å²) in [6.45, 7) is 5.83. The second-order valence-corrected chi connectivity index (χ2v) is 1.13. The van der Waals surface area contributed by atoms with Crippen LogP contribution in [-0.4, -0.2) is 18.2 Å². The Labute approximate surface area is 43.9 Å². The Hall–Kier alpha value is -0.340. The van der Waals surface area contributed by atoms with E-state index in [0.29, 0.717) is 6.54 Å². The molecule has 0 unspecified atom stereocenters. The van der Waals surface area contributed by atoms with Crippen LogP contribution in [0.1, 0.15) is 0 Å². The third-order valence-electron chi connectivity index (χ3n) is 0.524. The molecule has 0 saturated carbocycles. The molecule has 7 heavy (non-hydrogen) atoms. The highest BCUT2D eigenvalue weighted by molar-refractivity contribution is 4.70. The molecule has 0 bridgehead atoms. The molecule has 0 atom stereocenters. The first-order valence-electron chi connectivity index (χ1n) is 2.19. The molecule has 0 aliphatic heterocycles. The summed E-state index contributed by atoms with van der Waals surface area (Å²) in [6.07, 6.45) is 1.74. The largest absolute Gasteiger partial charge is 0.389 e. The van der Waals surface area contributed by atoms with Crippen LogP contribution in [0.4, 0.5) is 0 Å². The molecule has 2 heteroatoms. The van der Waals surface area contributed by atoms with Crippen LogP contribution in [0, 0.1) is 6.61 Å². The first-order chi connectivity index (χ1) is 3.41. The lowest BCUT2D eigenvalue weighted by molar-refractivity contribution is 0.378. The van der Waals surface area contributed by atoms with Crippen LogP contribution in [0.3, 0.4) is 0 Å². The third kappa shape index (κ3) is 5.66. The van der Waals surface area contributed by atoms with Gasteiger partial charge in [0.1, 0.15) is 0 Å². The molecule has 0 aromatic heterocycles. The van der Waals surface area contributed by atoms with E-state index in [-0.39, 0.29) is 0 Å². The van der Waals surface area contributed by atoms with Crippen molar-refractivity contribution in [2.45, 2.75) is 0 Å². The van der Waals surface area contributed by atoms with Gasteiger partial charge in [-0.15, -0.1) is 6.58 Å². The topological polar surface area (TPSA) is 32.3 Å². The first-order valence-corrected chi connectivity index (χ1v) is 2.19. The smallest absolute Gasteiger partial charge is 0.0935 e. The van der Waals surface area contributed by atoms with Crippen molar-refractivity contribution in [3.63, 3.8) is 0 Å². The van der Waals surface area contributed by atoms with Crippen molar-refractivity contribution in [1.29, 1.82) is 0 Å². The van der Waals surface area contributed by atoms with Crippen molar-refractivity contribution in [1.82, 2.24) is 5.32 Å². The van der Waals surface area contributed by atoms with Crippen LogP contribution in [0.5, 0.6) is 0 Å². The molecule has 0 saturated heterocycles. The van der Waals surface area contributed by atoms with E-state index in [9.17, 15) is 0 Å². The van der Waals surface area contributed by atoms with Gasteiger partial charge in [0, 0.05) is 13.1 Å². The third-order valence-corrected chi connectivity index (χ3v) is 0.524. The van der Waals surface area contributed by atoms with Gasteiger partial charge in [-0.25, -0.2) is 0 Å². The normalized spacial score (nSPS) is 8.71. The average molecular weight is 100 g/mol. The lowest BCUT2D eigenvalue weighted by Gasteiger charge is -1.92. The van der Waals surface area contributed by atoms with Crippen LogP contribution in [-0.2, 0) is 0 Å². The van der Waals surface area contributed by atoms with E-state index in [1.165, 1.54) is 0 Å². The highest BCUT2D eigenvalue weighted by Crippen LogP contribution is 1.61. The second kappa shape index (κ2) is 5.66. The summed E-state index contributed by atoms with van der Waals surface area (Å²) in [6, 6.07) is 0. The zero-order chi connectivity index (χ0) is 5.54. The maximum Gasteiger partial charge on any atom is 0.0935 e. The van der Waals surface area contributed by atoms with Crippen molar-refractivity contribution in [3.8, 4) is 0 Å². The fourth-order valence-corrected chi connectivity index (χ4v) is 0.250. The predicted molar refractivity (Wildman–Crippen MR) is 29.3 cm³/mol. The minimum atomic E-state index is 0.534. The van der Waals surface area contributed by atoms with E-state index in [1.54, 1.807) is 6.08 Å². The van der Waals surface area contributed by atoms with Crippen molar-refractivity contribution in [2.24, 2.45) is 0 Å². The molecule has 0 spiro atoms. The van der Waals surface area contributed by atoms with E-state index >= 15 is 0 Å². The lowest BCUT2D eigenvalue weighted by atomic mass is 10.6. The molecule has 2 N–H and O–H groups in total. The van der Waals surface area contributed by atoms with E-state index in [0.717, 1.165) is 13.2 Å². The van der Waals surface area contributed by atoms with Crippen molar-refractivity contribution in [2.75, 3.05) is 13.1 Å². The number of hydrogen-bond donors (Lipinski definition) is 2. The van der Waals surface area contributed by atoms with Crippen molar-refractivity contribution in [3.05, 3.63) is 19.3 Å². The minimum Gasteiger partial charge on any atom is -0.389 e. The van der Waals surface area contributed by atoms with Crippen molar-refractivity contribution >= 4 is 0 Å². The highest BCUT2D eigenvalue weighted by Gasteiger charge is 1.75. The monoisotopic (exact) mass is 100 g/mol. The molecule has 0 heterocycles. The van der Waals surface area contributed by atoms with E-state index in [1.807, 2.05) is 0 Å². The Balaban J connectivity index is 2.56. The van der Waals surface area contributed by atoms with E-state index < -0.39 is 0 Å². The SMILES string of the molecule is C=CCNC[CH]O. The van der Waals surface area contributed by atoms with Gasteiger partial charge in [-0.3, -0.25) is 0 Å². The van der Waals surface area contributed by atoms with Gasteiger partial charge in [0.2, 0.25) is 0 Å². The molecule has 0 amide bonds. The Morgan fingerprint density at radius 3 is 2.71 bits per heavy atom. The molecule has 0 fully saturated rings. The molecule has 0 aromatic rings. The van der Waals surface area contributed by atoms with Crippen LogP contribution < -0.4 is 5.32 Å². The summed E-state index contributed by atoms with van der Waals surface area (Å²) in [5.41, 5.74) is 0. The van der Waals surface area contributed by atoms with Crippen LogP contribution in [0.15, 0.2) is 12.7 Å². The Morgan fingerprint density at radius 2 is 2.29 bits per heavy atom. The van der Waals surface area contributed by atoms with Gasteiger partial charge in [0.15, 0.2) is 0 Å². The van der Waals surface area contributed by atoms with Crippen LogP contribution in [0.25, 0.3) is 0 Å². The first kappa shape index (κ1) is 6.66. The van der Waals surface area contributed by atoms with E-state index in [4.69, 9.17) is 5.11 Å². The van der Waals surface area contributed by atoms with E-state index in [2.05, 4.69) is 11.9 Å². The molecular formula is C5H10NO. The van der Waals surface area contributed by atoms with Crippen LogP contribution in [0.2, 0.25) is 0 Å². The molecular weight excluding hydrogens is 90.1 g/mol. The lowest BCUT2D eigenvalue weighted by Crippen LogP contribution is -2.14. The minimum absolute atomic E-state index is 0.534.